The maximum atomic E-state index is 9.21. The third kappa shape index (κ3) is 40.2. The topological polar surface area (TPSA) is 38.7 Å². The Kier molecular flexibility index (Phi) is 42.9. The number of aliphatic hydroxyl groups excluding tert-OH is 1. The molecule has 0 fully saturated rings. The van der Waals surface area contributed by atoms with Crippen LogP contribution in [0.2, 0.25) is 0 Å². The Morgan fingerprint density at radius 2 is 0.896 bits per heavy atom. The van der Waals surface area contributed by atoms with Crippen LogP contribution >= 0.6 is 0 Å². The number of ether oxygens (including phenoxy) is 2. The van der Waals surface area contributed by atoms with Crippen LogP contribution in [0.5, 0.6) is 0 Å². The number of hydrogen-bond acceptors (Lipinski definition) is 3. The van der Waals surface area contributed by atoms with Crippen LogP contribution in [0.1, 0.15) is 194 Å². The van der Waals surface area contributed by atoms with E-state index in [2.05, 4.69) is 52.2 Å². The van der Waals surface area contributed by atoms with Crippen LogP contribution < -0.4 is 17.0 Å². The molecule has 0 aromatic carbocycles. The molecule has 0 saturated carbocycles. The van der Waals surface area contributed by atoms with Crippen LogP contribution in [0.3, 0.4) is 0 Å². The van der Waals surface area contributed by atoms with Crippen LogP contribution in [0, 0.1) is 0 Å². The number of quaternary nitrogens is 1. The molecule has 0 spiro atoms. The number of nitrogens with zero attached hydrogens (tertiary/aromatic N) is 1. The third-order valence-corrected chi connectivity index (χ3v) is 9.48. The molecule has 0 rings (SSSR count). The molecule has 0 radical (unpaired) electrons. The second-order valence-electron chi connectivity index (χ2n) is 15.0. The molecule has 0 aliphatic carbocycles. The molecule has 1 atom stereocenters. The highest BCUT2D eigenvalue weighted by atomic mass is 79.9. The Hall–Kier alpha value is -0.200. The quantitative estimate of drug-likeness (QED) is 0.0387. The predicted molar refractivity (Wildman–Crippen MR) is 208 cm³/mol. The second kappa shape index (κ2) is 41.2. The van der Waals surface area contributed by atoms with E-state index < -0.39 is 0 Å². The monoisotopic (exact) mass is 744 g/mol. The number of allylic oxidation sites excluding steroid dienone is 4. The summed E-state index contributed by atoms with van der Waals surface area (Å²) in [5, 5.41) is 9.21. The molecule has 1 unspecified atom stereocenters. The normalized spacial score (nSPS) is 12.8. The number of hydrogen-bond donors (Lipinski definition) is 1. The average molecular weight is 745 g/mol. The molecule has 0 aromatic heterocycles. The first-order valence-electron chi connectivity index (χ1n) is 21.0. The zero-order chi connectivity index (χ0) is 34.4. The average Bonchev–Trinajstić information content (AvgIpc) is 3.05. The molecule has 0 heterocycles. The van der Waals surface area contributed by atoms with Gasteiger partial charge in [-0.25, -0.2) is 0 Å². The van der Waals surface area contributed by atoms with E-state index in [-0.39, 0.29) is 29.7 Å². The molecule has 0 saturated heterocycles. The van der Waals surface area contributed by atoms with Gasteiger partial charge in [-0.1, -0.05) is 141 Å². The number of likely N-dealkylation sites (N-methyl/N-ethyl adjacent to an activating group) is 1. The molecule has 0 aliphatic rings. The van der Waals surface area contributed by atoms with Crippen LogP contribution in [0.25, 0.3) is 0 Å². The van der Waals surface area contributed by atoms with Crippen LogP contribution in [-0.2, 0) is 9.47 Å². The molecule has 5 heteroatoms. The van der Waals surface area contributed by atoms with Crippen LogP contribution in [0.4, 0.5) is 0 Å². The van der Waals surface area contributed by atoms with Crippen molar-refractivity contribution in [3.8, 4) is 0 Å². The fourth-order valence-electron chi connectivity index (χ4n) is 6.36. The number of rotatable bonds is 39. The summed E-state index contributed by atoms with van der Waals surface area (Å²) in [6.07, 6.45) is 46.2. The molecule has 0 aliphatic heterocycles. The van der Waals surface area contributed by atoms with E-state index in [9.17, 15) is 5.11 Å². The van der Waals surface area contributed by atoms with Crippen LogP contribution in [0.15, 0.2) is 24.3 Å². The van der Waals surface area contributed by atoms with E-state index >= 15 is 0 Å². The first-order valence-corrected chi connectivity index (χ1v) is 21.0. The summed E-state index contributed by atoms with van der Waals surface area (Å²) in [6.45, 7) is 9.31. The van der Waals surface area contributed by atoms with Crippen molar-refractivity contribution in [1.82, 2.24) is 0 Å². The highest BCUT2D eigenvalue weighted by Gasteiger charge is 2.22. The summed E-state index contributed by atoms with van der Waals surface area (Å²) in [4.78, 5) is 0. The first-order chi connectivity index (χ1) is 23.1. The smallest absolute Gasteiger partial charge is 0.130 e. The maximum Gasteiger partial charge on any atom is 0.130 e. The minimum absolute atomic E-state index is 0. The zero-order valence-electron chi connectivity index (χ0n) is 33.0. The van der Waals surface area contributed by atoms with Crippen molar-refractivity contribution in [3.05, 3.63) is 24.3 Å². The van der Waals surface area contributed by atoms with Crippen molar-refractivity contribution in [2.75, 3.05) is 53.6 Å². The fourth-order valence-corrected chi connectivity index (χ4v) is 6.36. The van der Waals surface area contributed by atoms with Gasteiger partial charge in [-0.2, -0.15) is 0 Å². The number of unbranched alkanes of at least 4 members (excludes halogenated alkanes) is 23. The zero-order valence-corrected chi connectivity index (χ0v) is 34.6. The van der Waals surface area contributed by atoms with E-state index in [1.165, 1.54) is 154 Å². The van der Waals surface area contributed by atoms with Gasteiger partial charge in [0.2, 0.25) is 0 Å². The number of aliphatic hydroxyl groups is 1. The van der Waals surface area contributed by atoms with Gasteiger partial charge in [-0.05, 0) is 77.0 Å². The Morgan fingerprint density at radius 3 is 1.33 bits per heavy atom. The van der Waals surface area contributed by atoms with Crippen molar-refractivity contribution < 1.29 is 36.0 Å². The summed E-state index contributed by atoms with van der Waals surface area (Å²) in [5.41, 5.74) is 0. The van der Waals surface area contributed by atoms with Gasteiger partial charge >= 0.3 is 0 Å². The molecule has 0 bridgehead atoms. The molecular formula is C43H86BrNO3. The van der Waals surface area contributed by atoms with Crippen molar-refractivity contribution in [2.45, 2.75) is 200 Å². The van der Waals surface area contributed by atoms with E-state index in [1.807, 2.05) is 0 Å². The molecule has 288 valence electrons. The van der Waals surface area contributed by atoms with E-state index in [0.717, 1.165) is 56.5 Å². The summed E-state index contributed by atoms with van der Waals surface area (Å²) in [7, 11) is 4.59. The van der Waals surface area contributed by atoms with E-state index in [4.69, 9.17) is 9.47 Å². The predicted octanol–water partition coefficient (Wildman–Crippen LogP) is 9.54. The van der Waals surface area contributed by atoms with Gasteiger partial charge in [-0.3, -0.25) is 0 Å². The van der Waals surface area contributed by atoms with Gasteiger partial charge < -0.3 is 36.0 Å². The Labute approximate surface area is 312 Å². The number of halogens is 1. The Balaban J connectivity index is 0. The van der Waals surface area contributed by atoms with Gasteiger partial charge in [-0.15, -0.1) is 0 Å². The summed E-state index contributed by atoms with van der Waals surface area (Å²) in [6, 6.07) is 0. The molecule has 48 heavy (non-hydrogen) atoms. The minimum atomic E-state index is 0. The van der Waals surface area contributed by atoms with Gasteiger partial charge in [0.15, 0.2) is 0 Å². The van der Waals surface area contributed by atoms with Crippen LogP contribution in [-0.4, -0.2) is 69.3 Å². The van der Waals surface area contributed by atoms with Crippen molar-refractivity contribution in [1.29, 1.82) is 0 Å². The molecule has 1 N–H and O–H groups in total. The Morgan fingerprint density at radius 1 is 0.500 bits per heavy atom. The first kappa shape index (κ1) is 49.9. The van der Waals surface area contributed by atoms with Gasteiger partial charge in [0.05, 0.1) is 27.2 Å². The van der Waals surface area contributed by atoms with E-state index in [1.54, 1.807) is 0 Å². The lowest BCUT2D eigenvalue weighted by molar-refractivity contribution is -0.893. The summed E-state index contributed by atoms with van der Waals surface area (Å²) < 4.78 is 13.5. The largest absolute Gasteiger partial charge is 1.00 e. The lowest BCUT2D eigenvalue weighted by atomic mass is 10.1. The van der Waals surface area contributed by atoms with Gasteiger partial charge in [0.25, 0.3) is 0 Å². The maximum absolute atomic E-state index is 9.21. The SMILES string of the molecule is CCCCCCC/C=C/CCCCCCCCOCC(C[N+](C)(C)CCCCO)OCCCCCCCC/C=C/CCCCCCC.[Br-]. The fraction of sp³-hybridized carbons (Fsp3) is 0.907. The van der Waals surface area contributed by atoms with E-state index in [0.29, 0.717) is 6.61 Å². The standard InChI is InChI=1S/C43H86NO3.BrH/c1-5-7-9-11-13-15-17-19-21-23-25-27-29-31-35-39-46-42-43(41-44(3,4)37-33-34-38-45)47-40-36-32-30-28-26-24-22-20-18-16-14-12-10-8-6-2;/h17-20,43,45H,5-16,21-42H2,1-4H3;1H/q+1;/p-1/b19-17+,20-18+;. The molecule has 0 aromatic rings. The summed E-state index contributed by atoms with van der Waals surface area (Å²) >= 11 is 0. The van der Waals surface area contributed by atoms with Crippen molar-refractivity contribution >= 4 is 0 Å². The third-order valence-electron chi connectivity index (χ3n) is 9.48. The molecular weight excluding hydrogens is 658 g/mol. The van der Waals surface area contributed by atoms with Gasteiger partial charge in [0.1, 0.15) is 12.6 Å². The molecule has 0 amide bonds. The lowest BCUT2D eigenvalue weighted by Crippen LogP contribution is -3.00. The Bertz CT molecular complexity index is 654. The minimum Gasteiger partial charge on any atom is -1.00 e. The van der Waals surface area contributed by atoms with Crippen molar-refractivity contribution in [2.24, 2.45) is 0 Å². The van der Waals surface area contributed by atoms with Crippen molar-refractivity contribution in [3.63, 3.8) is 0 Å². The highest BCUT2D eigenvalue weighted by Crippen LogP contribution is 2.13. The lowest BCUT2D eigenvalue weighted by Gasteiger charge is -2.33. The summed E-state index contributed by atoms with van der Waals surface area (Å²) in [5.74, 6) is 0. The highest BCUT2D eigenvalue weighted by molar-refractivity contribution is 4.82. The van der Waals surface area contributed by atoms with Gasteiger partial charge in [0, 0.05) is 19.8 Å². The molecule has 4 nitrogen and oxygen atoms in total. The second-order valence-corrected chi connectivity index (χ2v) is 15.0.